The quantitative estimate of drug-likeness (QED) is 0.846. The van der Waals surface area contributed by atoms with Crippen molar-refractivity contribution < 1.29 is 4.79 Å². The molecule has 2 heterocycles. The summed E-state index contributed by atoms with van der Waals surface area (Å²) in [6.45, 7) is 2.00. The molecule has 19 heavy (non-hydrogen) atoms. The minimum atomic E-state index is -0.456. The fourth-order valence-electron chi connectivity index (χ4n) is 2.56. The van der Waals surface area contributed by atoms with Gasteiger partial charge in [0.2, 0.25) is 0 Å². The number of carbonyl (C=O) groups is 1. The fraction of sp³-hybridized carbons (Fsp3) is 0.357. The summed E-state index contributed by atoms with van der Waals surface area (Å²) < 4.78 is 0. The number of benzene rings is 1. The zero-order chi connectivity index (χ0) is 13.2. The summed E-state index contributed by atoms with van der Waals surface area (Å²) in [5.41, 5.74) is 8.13. The number of nitrogens with two attached hydrogens (primary N) is 1. The van der Waals surface area contributed by atoms with Gasteiger partial charge in [-0.3, -0.25) is 9.78 Å². The molecule has 5 heteroatoms. The molecule has 0 saturated carbocycles. The highest BCUT2D eigenvalue weighted by atomic mass is 16.1. The molecule has 0 atom stereocenters. The van der Waals surface area contributed by atoms with E-state index >= 15 is 0 Å². The molecule has 3 rings (SSSR count). The van der Waals surface area contributed by atoms with Gasteiger partial charge in [0.05, 0.1) is 16.8 Å². The molecule has 5 nitrogen and oxygen atoms in total. The number of amides is 1. The monoisotopic (exact) mass is 256 g/mol. The Balaban J connectivity index is 2.08. The lowest BCUT2D eigenvalue weighted by Gasteiger charge is -2.22. The molecule has 1 aromatic heterocycles. The number of fused-ring (bicyclic) bond motifs is 1. The maximum atomic E-state index is 11.4. The number of primary amides is 1. The molecule has 3 N–H and O–H groups in total. The van der Waals surface area contributed by atoms with Gasteiger partial charge < -0.3 is 11.1 Å². The molecule has 1 aliphatic rings. The smallest absolute Gasteiger partial charge is 0.250 e. The maximum Gasteiger partial charge on any atom is 0.250 e. The molecule has 0 unspecified atom stereocenters. The van der Waals surface area contributed by atoms with Crippen LogP contribution >= 0.6 is 0 Å². The van der Waals surface area contributed by atoms with Crippen molar-refractivity contribution in [1.29, 1.82) is 0 Å². The van der Waals surface area contributed by atoms with Crippen LogP contribution in [0.4, 0.5) is 0 Å². The van der Waals surface area contributed by atoms with Crippen LogP contribution in [0.1, 0.15) is 34.8 Å². The van der Waals surface area contributed by atoms with E-state index in [1.807, 2.05) is 12.3 Å². The van der Waals surface area contributed by atoms with Crippen LogP contribution in [0.5, 0.6) is 0 Å². The third kappa shape index (κ3) is 2.29. The normalized spacial score (nSPS) is 16.6. The Morgan fingerprint density at radius 3 is 2.84 bits per heavy atom. The second kappa shape index (κ2) is 4.93. The summed E-state index contributed by atoms with van der Waals surface area (Å²) in [7, 11) is 0. The number of para-hydroxylation sites is 1. The second-order valence-electron chi connectivity index (χ2n) is 4.86. The van der Waals surface area contributed by atoms with E-state index in [-0.39, 0.29) is 0 Å². The molecule has 2 aromatic rings. The molecule has 0 spiro atoms. The first kappa shape index (κ1) is 12.0. The van der Waals surface area contributed by atoms with Crippen molar-refractivity contribution >= 4 is 16.9 Å². The average Bonchev–Trinajstić information content (AvgIpc) is 2.47. The van der Waals surface area contributed by atoms with Crippen LogP contribution in [0.2, 0.25) is 0 Å². The van der Waals surface area contributed by atoms with E-state index in [0.29, 0.717) is 22.5 Å². The van der Waals surface area contributed by atoms with Gasteiger partial charge in [-0.1, -0.05) is 6.07 Å². The standard InChI is InChI=1S/C14H16N4O/c15-14(19)10-2-1-3-11-13(10)18-12(8-17-11)9-4-6-16-7-5-9/h1-3,8-9,16H,4-7H2,(H2,15,19). The summed E-state index contributed by atoms with van der Waals surface area (Å²) in [5.74, 6) is -0.0403. The van der Waals surface area contributed by atoms with Crippen LogP contribution in [0.25, 0.3) is 11.0 Å². The summed E-state index contributed by atoms with van der Waals surface area (Å²) in [5, 5.41) is 3.33. The Morgan fingerprint density at radius 2 is 2.11 bits per heavy atom. The highest BCUT2D eigenvalue weighted by Gasteiger charge is 2.18. The first-order valence-electron chi connectivity index (χ1n) is 6.52. The van der Waals surface area contributed by atoms with Crippen LogP contribution in [-0.2, 0) is 0 Å². The Kier molecular flexibility index (Phi) is 3.13. The van der Waals surface area contributed by atoms with E-state index in [2.05, 4.69) is 15.3 Å². The number of piperidine rings is 1. The van der Waals surface area contributed by atoms with Crippen molar-refractivity contribution in [2.24, 2.45) is 5.73 Å². The summed E-state index contributed by atoms with van der Waals surface area (Å²) in [6.07, 6.45) is 3.93. The predicted molar refractivity (Wildman–Crippen MR) is 72.9 cm³/mol. The van der Waals surface area contributed by atoms with E-state index in [4.69, 9.17) is 5.73 Å². The largest absolute Gasteiger partial charge is 0.366 e. The van der Waals surface area contributed by atoms with Crippen molar-refractivity contribution in [3.05, 3.63) is 35.7 Å². The molecule has 1 amide bonds. The Bertz CT molecular complexity index is 620. The minimum absolute atomic E-state index is 0.416. The number of rotatable bonds is 2. The lowest BCUT2D eigenvalue weighted by molar-refractivity contribution is 0.100. The molecule has 0 bridgehead atoms. The van der Waals surface area contributed by atoms with E-state index in [1.54, 1.807) is 12.1 Å². The molecular formula is C14H16N4O. The molecule has 1 fully saturated rings. The van der Waals surface area contributed by atoms with Gasteiger partial charge in [0.25, 0.3) is 5.91 Å². The SMILES string of the molecule is NC(=O)c1cccc2ncc(C3CCNCC3)nc12. The predicted octanol–water partition coefficient (Wildman–Crippen LogP) is 1.20. The molecule has 1 aromatic carbocycles. The molecule has 98 valence electrons. The first-order chi connectivity index (χ1) is 9.25. The van der Waals surface area contributed by atoms with E-state index < -0.39 is 5.91 Å². The topological polar surface area (TPSA) is 80.9 Å². The zero-order valence-corrected chi connectivity index (χ0v) is 10.6. The van der Waals surface area contributed by atoms with Gasteiger partial charge >= 0.3 is 0 Å². The number of nitrogens with one attached hydrogen (secondary N) is 1. The molecule has 1 aliphatic heterocycles. The number of hydrogen-bond donors (Lipinski definition) is 2. The number of nitrogens with zero attached hydrogens (tertiary/aromatic N) is 2. The van der Waals surface area contributed by atoms with Crippen molar-refractivity contribution in [2.75, 3.05) is 13.1 Å². The van der Waals surface area contributed by atoms with Gasteiger partial charge in [-0.2, -0.15) is 0 Å². The lowest BCUT2D eigenvalue weighted by Crippen LogP contribution is -2.27. The first-order valence-corrected chi connectivity index (χ1v) is 6.52. The van der Waals surface area contributed by atoms with Crippen molar-refractivity contribution in [2.45, 2.75) is 18.8 Å². The Morgan fingerprint density at radius 1 is 1.32 bits per heavy atom. The van der Waals surface area contributed by atoms with E-state index in [0.717, 1.165) is 31.6 Å². The highest BCUT2D eigenvalue weighted by molar-refractivity contribution is 6.03. The molecule has 0 radical (unpaired) electrons. The molecule has 0 aliphatic carbocycles. The summed E-state index contributed by atoms with van der Waals surface area (Å²) in [4.78, 5) is 20.5. The van der Waals surface area contributed by atoms with Gasteiger partial charge in [0.15, 0.2) is 0 Å². The van der Waals surface area contributed by atoms with E-state index in [9.17, 15) is 4.79 Å². The fourth-order valence-corrected chi connectivity index (χ4v) is 2.56. The van der Waals surface area contributed by atoms with Crippen molar-refractivity contribution in [3.63, 3.8) is 0 Å². The third-order valence-corrected chi connectivity index (χ3v) is 3.61. The van der Waals surface area contributed by atoms with Crippen LogP contribution < -0.4 is 11.1 Å². The minimum Gasteiger partial charge on any atom is -0.366 e. The maximum absolute atomic E-state index is 11.4. The molecule has 1 saturated heterocycles. The van der Waals surface area contributed by atoms with Crippen LogP contribution in [0.3, 0.4) is 0 Å². The van der Waals surface area contributed by atoms with Crippen LogP contribution in [0, 0.1) is 0 Å². The van der Waals surface area contributed by atoms with Crippen LogP contribution in [0.15, 0.2) is 24.4 Å². The Labute approximate surface area is 111 Å². The number of carbonyl (C=O) groups excluding carboxylic acids is 1. The van der Waals surface area contributed by atoms with E-state index in [1.165, 1.54) is 0 Å². The zero-order valence-electron chi connectivity index (χ0n) is 10.6. The van der Waals surface area contributed by atoms with Gasteiger partial charge in [0, 0.05) is 12.1 Å². The van der Waals surface area contributed by atoms with Gasteiger partial charge in [-0.05, 0) is 38.1 Å². The van der Waals surface area contributed by atoms with Gasteiger partial charge in [-0.25, -0.2) is 4.98 Å². The van der Waals surface area contributed by atoms with Gasteiger partial charge in [-0.15, -0.1) is 0 Å². The highest BCUT2D eigenvalue weighted by Crippen LogP contribution is 2.25. The second-order valence-corrected chi connectivity index (χ2v) is 4.86. The summed E-state index contributed by atoms with van der Waals surface area (Å²) in [6, 6.07) is 5.33. The number of aromatic nitrogens is 2. The Hall–Kier alpha value is -2.01. The van der Waals surface area contributed by atoms with Gasteiger partial charge in [0.1, 0.15) is 5.52 Å². The number of hydrogen-bond acceptors (Lipinski definition) is 4. The third-order valence-electron chi connectivity index (χ3n) is 3.61. The average molecular weight is 256 g/mol. The molecular weight excluding hydrogens is 240 g/mol. The summed E-state index contributed by atoms with van der Waals surface area (Å²) >= 11 is 0. The van der Waals surface area contributed by atoms with Crippen molar-refractivity contribution in [1.82, 2.24) is 15.3 Å². The van der Waals surface area contributed by atoms with Crippen molar-refractivity contribution in [3.8, 4) is 0 Å². The lowest BCUT2D eigenvalue weighted by atomic mass is 9.95. The van der Waals surface area contributed by atoms with Crippen LogP contribution in [-0.4, -0.2) is 29.0 Å².